The smallest absolute Gasteiger partial charge is 4.00 e. The van der Waals surface area contributed by atoms with Crippen molar-refractivity contribution in [3.63, 3.8) is 0 Å². The van der Waals surface area contributed by atoms with E-state index in [0.29, 0.717) is 0 Å². The van der Waals surface area contributed by atoms with Crippen molar-refractivity contribution in [1.29, 1.82) is 0 Å². The molecule has 0 N–H and O–H groups in total. The molecule has 5 heavy (non-hydrogen) atoms. The maximum Gasteiger partial charge on any atom is 4.00 e. The fourth-order valence-corrected chi connectivity index (χ4v) is 0. The van der Waals surface area contributed by atoms with E-state index in [1.54, 1.807) is 0 Å². The molecule has 0 rings (SSSR count). The molecule has 33 valence electrons. The Morgan fingerprint density at radius 2 is 1.00 bits per heavy atom. The summed E-state index contributed by atoms with van der Waals surface area (Å²) in [5.41, 5.74) is 0. The third kappa shape index (κ3) is 32.4. The molecule has 0 atom stereocenters. The van der Waals surface area contributed by atoms with Gasteiger partial charge in [-0.15, -0.1) is 0 Å². The van der Waals surface area contributed by atoms with Gasteiger partial charge in [0.1, 0.15) is 0 Å². The molecule has 0 aliphatic carbocycles. The first-order valence-electron chi connectivity index (χ1n) is 0.123. The fraction of sp³-hybridized carbons (Fsp3) is 0. The molecular formula is CuO2STi. The summed E-state index contributed by atoms with van der Waals surface area (Å²) >= 11 is 3.77. The van der Waals surface area contributed by atoms with Crippen molar-refractivity contribution in [2.24, 2.45) is 0 Å². The summed E-state index contributed by atoms with van der Waals surface area (Å²) in [6.45, 7) is 0. The van der Waals surface area contributed by atoms with Crippen LogP contribution in [-0.4, -0.2) is 0 Å². The zero-order valence-corrected chi connectivity index (χ0v) is 5.35. The van der Waals surface area contributed by atoms with E-state index >= 15 is 0 Å². The minimum absolute atomic E-state index is 0. The molecule has 0 aliphatic rings. The first-order valence-corrected chi connectivity index (χ1v) is 1.52. The van der Waals surface area contributed by atoms with Crippen molar-refractivity contribution < 1.29 is 47.1 Å². The van der Waals surface area contributed by atoms with E-state index in [2.05, 4.69) is 24.9 Å². The van der Waals surface area contributed by atoms with Gasteiger partial charge in [0.25, 0.3) is 0 Å². The van der Waals surface area contributed by atoms with Gasteiger partial charge in [-0.05, 0) is 0 Å². The molecular weight excluding hydrogens is 175 g/mol. The molecule has 0 amide bonds. The second-order valence-electron chi connectivity index (χ2n) is 0. The van der Waals surface area contributed by atoms with Gasteiger partial charge in [-0.3, -0.25) is 0 Å². The monoisotopic (exact) mass is 175 g/mol. The molecule has 0 saturated heterocycles. The van der Waals surface area contributed by atoms with Gasteiger partial charge in [-0.2, -0.15) is 0 Å². The maximum atomic E-state index is 3.77. The van der Waals surface area contributed by atoms with Gasteiger partial charge in [0.05, 0.1) is 0 Å². The number of rotatable bonds is 0. The molecule has 0 aromatic heterocycles. The molecule has 0 unspecified atom stereocenters. The summed E-state index contributed by atoms with van der Waals surface area (Å²) in [5.74, 6) is 0. The van der Waals surface area contributed by atoms with Crippen LogP contribution in [-0.2, 0) is 47.1 Å². The van der Waals surface area contributed by atoms with E-state index in [9.17, 15) is 0 Å². The van der Waals surface area contributed by atoms with E-state index in [1.807, 2.05) is 0 Å². The van der Waals surface area contributed by atoms with Gasteiger partial charge in [0.2, 0.25) is 0 Å². The van der Waals surface area contributed by atoms with E-state index in [0.717, 1.165) is 0 Å². The van der Waals surface area contributed by atoms with Crippen LogP contribution in [0.3, 0.4) is 0 Å². The quantitative estimate of drug-likeness (QED) is 0.492. The molecule has 0 aliphatic heterocycles. The standard InChI is InChI=1S/Cu.2O.S.Ti/q;2*-2;;+4. The predicted molar refractivity (Wildman–Crippen MR) is 8.96 cm³/mol. The van der Waals surface area contributed by atoms with Crippen LogP contribution in [0, 0.1) is 0 Å². The number of hydrogen-bond acceptors (Lipinski definition) is 1. The minimum atomic E-state index is 0. The molecule has 0 aromatic rings. The van der Waals surface area contributed by atoms with E-state index in [1.165, 1.54) is 0 Å². The SMILES string of the molecule is [O-2].[O-2].[S]=[Cu].[Ti+4]. The summed E-state index contributed by atoms with van der Waals surface area (Å²) in [4.78, 5) is 0. The molecule has 0 saturated carbocycles. The van der Waals surface area contributed by atoms with Crippen LogP contribution < -0.4 is 0 Å². The van der Waals surface area contributed by atoms with E-state index < -0.39 is 0 Å². The Kier molecular flexibility index (Phi) is 356. The summed E-state index contributed by atoms with van der Waals surface area (Å²) in [7, 11) is 3.65. The first kappa shape index (κ1) is 32.7. The average molecular weight is 175 g/mol. The van der Waals surface area contributed by atoms with Crippen LogP contribution in [0.25, 0.3) is 0 Å². The van der Waals surface area contributed by atoms with Gasteiger partial charge in [0, 0.05) is 0 Å². The summed E-state index contributed by atoms with van der Waals surface area (Å²) in [6, 6.07) is 0. The first-order chi connectivity index (χ1) is 1.00. The van der Waals surface area contributed by atoms with Crippen molar-refractivity contribution in [1.82, 2.24) is 0 Å². The largest absolute Gasteiger partial charge is 4.00 e. The third-order valence-electron chi connectivity index (χ3n) is 0. The van der Waals surface area contributed by atoms with Crippen molar-refractivity contribution in [3.8, 4) is 0 Å². The van der Waals surface area contributed by atoms with Gasteiger partial charge in [-0.25, -0.2) is 0 Å². The molecule has 0 fully saturated rings. The van der Waals surface area contributed by atoms with Crippen LogP contribution in [0.4, 0.5) is 0 Å². The summed E-state index contributed by atoms with van der Waals surface area (Å²) in [6.07, 6.45) is 0. The Morgan fingerprint density at radius 1 is 1.00 bits per heavy atom. The molecule has 0 heterocycles. The summed E-state index contributed by atoms with van der Waals surface area (Å²) < 4.78 is 0. The van der Waals surface area contributed by atoms with Gasteiger partial charge >= 0.3 is 46.7 Å². The van der Waals surface area contributed by atoms with Crippen molar-refractivity contribution in [2.45, 2.75) is 0 Å². The van der Waals surface area contributed by atoms with Crippen LogP contribution in [0.1, 0.15) is 0 Å². The summed E-state index contributed by atoms with van der Waals surface area (Å²) in [5, 5.41) is 0. The molecule has 0 aromatic carbocycles. The second kappa shape index (κ2) is 54.5. The molecule has 0 radical (unpaired) electrons. The average Bonchev–Trinajstić information content (AvgIpc) is 1.00. The van der Waals surface area contributed by atoms with Crippen molar-refractivity contribution in [3.05, 3.63) is 0 Å². The topological polar surface area (TPSA) is 57.0 Å². The van der Waals surface area contributed by atoms with Crippen LogP contribution in [0.5, 0.6) is 0 Å². The van der Waals surface area contributed by atoms with Crippen LogP contribution in [0.2, 0.25) is 0 Å². The Labute approximate surface area is 57.5 Å². The zero-order chi connectivity index (χ0) is 2.00. The molecule has 2 nitrogen and oxygen atoms in total. The minimum Gasteiger partial charge on any atom is 4.00 e. The predicted octanol–water partition coefficient (Wildman–Crippen LogP) is 0.406. The Balaban J connectivity index is -0.00000000167. The zero-order valence-electron chi connectivity index (χ0n) is 2.03. The van der Waals surface area contributed by atoms with Crippen molar-refractivity contribution in [2.75, 3.05) is 0 Å². The second-order valence-corrected chi connectivity index (χ2v) is 0. The Hall–Kier alpha value is 1.37. The molecule has 0 spiro atoms. The normalized spacial score (nSPS) is 1.20. The van der Waals surface area contributed by atoms with Gasteiger partial charge < -0.3 is 11.0 Å². The molecule has 0 bridgehead atoms. The number of hydrogen-bond donors (Lipinski definition) is 0. The van der Waals surface area contributed by atoms with Crippen LogP contribution in [0.15, 0.2) is 0 Å². The van der Waals surface area contributed by atoms with E-state index in [-0.39, 0.29) is 32.7 Å². The van der Waals surface area contributed by atoms with Crippen LogP contribution >= 0.6 is 10.6 Å². The Bertz CT molecular complexity index is 9.61. The third-order valence-corrected chi connectivity index (χ3v) is 0. The molecule has 5 heteroatoms. The van der Waals surface area contributed by atoms with Crippen molar-refractivity contribution >= 4 is 10.6 Å². The Morgan fingerprint density at radius 3 is 1.00 bits per heavy atom. The van der Waals surface area contributed by atoms with Gasteiger partial charge in [-0.1, -0.05) is 0 Å². The van der Waals surface area contributed by atoms with E-state index in [4.69, 9.17) is 0 Å². The maximum absolute atomic E-state index is 3.77. The fourth-order valence-electron chi connectivity index (χ4n) is 0. The van der Waals surface area contributed by atoms with Gasteiger partial charge in [0.15, 0.2) is 0 Å².